The van der Waals surface area contributed by atoms with Gasteiger partial charge in [-0.05, 0) is 6.07 Å². The summed E-state index contributed by atoms with van der Waals surface area (Å²) in [5.74, 6) is 0. The highest BCUT2D eigenvalue weighted by molar-refractivity contribution is 5.85. The van der Waals surface area contributed by atoms with Crippen molar-refractivity contribution in [2.45, 2.75) is 0 Å². The second-order valence-corrected chi connectivity index (χ2v) is 0.904. The van der Waals surface area contributed by atoms with E-state index in [-0.39, 0.29) is 12.4 Å². The molecule has 1 aromatic rings. The fraction of sp³-hybridized carbons (Fsp3) is 0. The van der Waals surface area contributed by atoms with E-state index in [0.29, 0.717) is 0 Å². The zero-order valence-electron chi connectivity index (χ0n) is 4.52. The van der Waals surface area contributed by atoms with Crippen molar-refractivity contribution in [3.05, 3.63) is 29.7 Å². The summed E-state index contributed by atoms with van der Waals surface area (Å²) >= 11 is 0. The highest BCUT2D eigenvalue weighted by atomic mass is 35.5. The Labute approximate surface area is 58.5 Å². The van der Waals surface area contributed by atoms with Gasteiger partial charge in [0.1, 0.15) is 6.33 Å². The molecule has 0 saturated heterocycles. The molecule has 1 aromatic heterocycles. The van der Waals surface area contributed by atoms with E-state index in [1.165, 1.54) is 6.33 Å². The van der Waals surface area contributed by atoms with Crippen molar-refractivity contribution in [1.82, 2.24) is 9.97 Å². The van der Waals surface area contributed by atoms with E-state index in [1.54, 1.807) is 18.5 Å². The van der Waals surface area contributed by atoms with Gasteiger partial charge in [-0.1, -0.05) is 5.59 Å². The van der Waals surface area contributed by atoms with Crippen LogP contribution in [0.3, 0.4) is 0 Å². The van der Waals surface area contributed by atoms with Crippen molar-refractivity contribution in [3.8, 4) is 0 Å². The van der Waals surface area contributed by atoms with Crippen LogP contribution in [-0.2, 0) is 0 Å². The second kappa shape index (κ2) is 10.1. The van der Waals surface area contributed by atoms with Crippen LogP contribution in [0.5, 0.6) is 0 Å². The lowest BCUT2D eigenvalue weighted by Crippen LogP contribution is -1.66. The van der Waals surface area contributed by atoms with Crippen LogP contribution in [0.4, 0.5) is 0 Å². The molecule has 1 rings (SSSR count). The van der Waals surface area contributed by atoms with E-state index in [0.717, 1.165) is 0 Å². The van der Waals surface area contributed by atoms with Crippen LogP contribution in [0, 0.1) is 10.5 Å². The third kappa shape index (κ3) is 6.97. The molecule has 4 nitrogen and oxygen atoms in total. The number of hydrogen-bond donors (Lipinski definition) is 1. The molecule has 0 aliphatic heterocycles. The van der Waals surface area contributed by atoms with Gasteiger partial charge in [0, 0.05) is 12.4 Å². The summed E-state index contributed by atoms with van der Waals surface area (Å²) in [7, 11) is 0. The lowest BCUT2D eigenvalue weighted by atomic mass is 10.7. The normalized spacial score (nSPS) is 5.78. The molecule has 0 radical (unpaired) electrons. The van der Waals surface area contributed by atoms with Gasteiger partial charge >= 0.3 is 0 Å². The molecule has 0 spiro atoms. The first-order chi connectivity index (χ1) is 4.00. The van der Waals surface area contributed by atoms with Crippen molar-refractivity contribution < 1.29 is 0 Å². The van der Waals surface area contributed by atoms with Crippen molar-refractivity contribution in [2.75, 3.05) is 0 Å². The topological polar surface area (TPSA) is 66.7 Å². The Morgan fingerprint density at radius 1 is 1.11 bits per heavy atom. The molecule has 0 aliphatic carbocycles. The predicted octanol–water partition coefficient (Wildman–Crippen LogP) is 1.23. The number of nitrogens with zero attached hydrogens (tertiary/aromatic N) is 2. The van der Waals surface area contributed by atoms with Crippen molar-refractivity contribution in [2.24, 2.45) is 0 Å². The Kier molecular flexibility index (Phi) is 12.1. The Balaban J connectivity index is 0. The Hall–Kier alpha value is -1.03. The van der Waals surface area contributed by atoms with Gasteiger partial charge in [-0.2, -0.15) is 4.91 Å². The van der Waals surface area contributed by atoms with E-state index in [1.807, 2.05) is 0 Å². The minimum absolute atomic E-state index is 0. The summed E-state index contributed by atoms with van der Waals surface area (Å²) in [6.07, 6.45) is 4.88. The molecule has 9 heavy (non-hydrogen) atoms. The molecular formula is C4H6ClN3O. The number of nitroso groups, excluding NO2 is 1. The predicted molar refractivity (Wildman–Crippen MR) is 35.4 cm³/mol. The molecule has 0 bridgehead atoms. The largest absolute Gasteiger partial charge is 0.245 e. The molecular weight excluding hydrogens is 142 g/mol. The molecule has 0 amide bonds. The molecule has 0 unspecified atom stereocenters. The summed E-state index contributed by atoms with van der Waals surface area (Å²) in [4.78, 5) is 14.8. The number of hydrogen-bond acceptors (Lipinski definition) is 4. The van der Waals surface area contributed by atoms with Gasteiger partial charge in [-0.3, -0.25) is 0 Å². The second-order valence-electron chi connectivity index (χ2n) is 0.904. The summed E-state index contributed by atoms with van der Waals surface area (Å²) in [6, 6.07) is 1.78. The maximum Gasteiger partial charge on any atom is 0.115 e. The average Bonchev–Trinajstić information content (AvgIpc) is 1.96. The fourth-order valence-electron chi connectivity index (χ4n) is 0.253. The van der Waals surface area contributed by atoms with Crippen LogP contribution in [0.15, 0.2) is 24.8 Å². The van der Waals surface area contributed by atoms with Crippen LogP contribution in [0.25, 0.3) is 0 Å². The van der Waals surface area contributed by atoms with Gasteiger partial charge in [-0.25, -0.2) is 9.97 Å². The van der Waals surface area contributed by atoms with Crippen molar-refractivity contribution >= 4 is 12.4 Å². The monoisotopic (exact) mass is 147 g/mol. The average molecular weight is 148 g/mol. The number of halogens is 1. The number of nitrogens with one attached hydrogen (secondary N) is 1. The molecule has 5 heteroatoms. The summed E-state index contributed by atoms with van der Waals surface area (Å²) in [5, 5.41) is 0. The minimum Gasteiger partial charge on any atom is -0.245 e. The first-order valence-electron chi connectivity index (χ1n) is 1.90. The molecule has 0 aliphatic rings. The molecule has 50 valence electrons. The molecule has 0 atom stereocenters. The zero-order chi connectivity index (χ0) is 6.24. The Morgan fingerprint density at radius 2 is 1.56 bits per heavy atom. The van der Waals surface area contributed by atoms with Crippen LogP contribution < -0.4 is 0 Å². The number of aromatic nitrogens is 2. The van der Waals surface area contributed by atoms with Crippen molar-refractivity contribution in [1.29, 1.82) is 5.59 Å². The van der Waals surface area contributed by atoms with Gasteiger partial charge in [0.25, 0.3) is 0 Å². The third-order valence-corrected chi connectivity index (χ3v) is 0.478. The first-order valence-corrected chi connectivity index (χ1v) is 1.90. The van der Waals surface area contributed by atoms with E-state index in [2.05, 4.69) is 15.6 Å². The van der Waals surface area contributed by atoms with Gasteiger partial charge < -0.3 is 0 Å². The Morgan fingerprint density at radius 3 is 1.67 bits per heavy atom. The quantitative estimate of drug-likeness (QED) is 0.562. The maximum atomic E-state index is 7.50. The van der Waals surface area contributed by atoms with Gasteiger partial charge in [0.15, 0.2) is 0 Å². The lowest BCUT2D eigenvalue weighted by Gasteiger charge is -1.70. The third-order valence-electron chi connectivity index (χ3n) is 0.478. The van der Waals surface area contributed by atoms with Crippen LogP contribution in [0.2, 0.25) is 0 Å². The molecule has 0 fully saturated rings. The summed E-state index contributed by atoms with van der Waals surface area (Å²) in [6.45, 7) is 0. The maximum absolute atomic E-state index is 7.50. The zero-order valence-corrected chi connectivity index (χ0v) is 5.34. The van der Waals surface area contributed by atoms with E-state index < -0.39 is 0 Å². The molecule has 0 saturated carbocycles. The highest BCUT2D eigenvalue weighted by Crippen LogP contribution is 1.66. The molecule has 1 heterocycles. The number of rotatable bonds is 0. The van der Waals surface area contributed by atoms with Crippen LogP contribution >= 0.6 is 12.4 Å². The van der Waals surface area contributed by atoms with E-state index in [9.17, 15) is 0 Å². The van der Waals surface area contributed by atoms with Gasteiger partial charge in [-0.15, -0.1) is 12.4 Å². The minimum atomic E-state index is 0. The van der Waals surface area contributed by atoms with Gasteiger partial charge in [0.2, 0.25) is 0 Å². The molecule has 0 aromatic carbocycles. The smallest absolute Gasteiger partial charge is 0.115 e. The lowest BCUT2D eigenvalue weighted by molar-refractivity contribution is 1.17. The molecule has 1 N–H and O–H groups in total. The standard InChI is InChI=1S/C4H4N2.ClH.HNO/c1-2-5-4-6-3-1;;1-2/h1-4H;1H;1H. The summed E-state index contributed by atoms with van der Waals surface area (Å²) < 4.78 is 0. The fourth-order valence-corrected chi connectivity index (χ4v) is 0.253. The van der Waals surface area contributed by atoms with E-state index in [4.69, 9.17) is 4.91 Å². The SMILES string of the molecule is Cl.N=O.c1cncnc1. The summed E-state index contributed by atoms with van der Waals surface area (Å²) in [5.41, 5.74) is 4.50. The van der Waals surface area contributed by atoms with Crippen molar-refractivity contribution in [3.63, 3.8) is 0 Å². The first kappa shape index (κ1) is 10.9. The van der Waals surface area contributed by atoms with E-state index >= 15 is 0 Å². The van der Waals surface area contributed by atoms with Crippen LogP contribution in [0.1, 0.15) is 0 Å². The Bertz CT molecular complexity index is 98.7. The highest BCUT2D eigenvalue weighted by Gasteiger charge is 1.59. The van der Waals surface area contributed by atoms with Gasteiger partial charge in [0.05, 0.1) is 0 Å². The van der Waals surface area contributed by atoms with Crippen LogP contribution in [-0.4, -0.2) is 9.97 Å².